The molecule has 2 nitrogen and oxygen atoms in total. The Morgan fingerprint density at radius 1 is 1.24 bits per heavy atom. The molecule has 0 spiro atoms. The van der Waals surface area contributed by atoms with Crippen LogP contribution in [0.5, 0.6) is 5.75 Å². The second kappa shape index (κ2) is 6.10. The molecule has 0 heterocycles. The van der Waals surface area contributed by atoms with Crippen molar-refractivity contribution in [2.24, 2.45) is 0 Å². The number of fused-ring (bicyclic) bond motifs is 1. The van der Waals surface area contributed by atoms with E-state index in [2.05, 4.69) is 64.6 Å². The number of hydrogen-bond acceptors (Lipinski definition) is 2. The minimum Gasteiger partial charge on any atom is -0.497 e. The zero-order valence-corrected chi connectivity index (χ0v) is 14.0. The van der Waals surface area contributed by atoms with Gasteiger partial charge in [0.1, 0.15) is 5.75 Å². The largest absolute Gasteiger partial charge is 0.497 e. The molecule has 3 rings (SSSR count). The molecule has 0 aromatic heterocycles. The van der Waals surface area contributed by atoms with Crippen LogP contribution in [-0.4, -0.2) is 7.11 Å². The number of methoxy groups -OCH3 is 1. The number of halogens is 1. The van der Waals surface area contributed by atoms with Crippen LogP contribution in [0.1, 0.15) is 36.1 Å². The molecule has 0 saturated heterocycles. The monoisotopic (exact) mass is 345 g/mol. The van der Waals surface area contributed by atoms with Crippen molar-refractivity contribution in [3.05, 3.63) is 57.6 Å². The number of benzene rings is 2. The fourth-order valence-corrected chi connectivity index (χ4v) is 3.45. The summed E-state index contributed by atoms with van der Waals surface area (Å²) in [5.74, 6) is 0.939. The van der Waals surface area contributed by atoms with Gasteiger partial charge in [0.2, 0.25) is 0 Å². The summed E-state index contributed by atoms with van der Waals surface area (Å²) in [5, 5.41) is 3.72. The van der Waals surface area contributed by atoms with E-state index >= 15 is 0 Å². The highest BCUT2D eigenvalue weighted by Gasteiger charge is 2.23. The van der Waals surface area contributed by atoms with Crippen LogP contribution in [-0.2, 0) is 12.8 Å². The number of aryl methyl sites for hydroxylation is 2. The third kappa shape index (κ3) is 2.93. The van der Waals surface area contributed by atoms with E-state index in [9.17, 15) is 0 Å². The summed E-state index contributed by atoms with van der Waals surface area (Å²) in [5.41, 5.74) is 5.39. The van der Waals surface area contributed by atoms with Crippen molar-refractivity contribution in [1.29, 1.82) is 0 Å². The van der Waals surface area contributed by atoms with E-state index in [1.807, 2.05) is 0 Å². The third-order valence-corrected chi connectivity index (χ3v) is 4.70. The van der Waals surface area contributed by atoms with Gasteiger partial charge in [-0.1, -0.05) is 28.9 Å². The van der Waals surface area contributed by atoms with Crippen LogP contribution in [0.25, 0.3) is 0 Å². The fourth-order valence-electron chi connectivity index (χ4n) is 3.04. The molecule has 0 saturated carbocycles. The van der Waals surface area contributed by atoms with E-state index in [1.165, 1.54) is 22.4 Å². The highest BCUT2D eigenvalue weighted by atomic mass is 79.9. The molecule has 0 bridgehead atoms. The maximum atomic E-state index is 5.36. The molecule has 1 unspecified atom stereocenters. The van der Waals surface area contributed by atoms with Crippen molar-refractivity contribution in [2.75, 3.05) is 12.4 Å². The summed E-state index contributed by atoms with van der Waals surface area (Å²) < 4.78 is 6.50. The first-order valence-corrected chi connectivity index (χ1v) is 8.22. The van der Waals surface area contributed by atoms with Crippen molar-refractivity contribution in [1.82, 2.24) is 0 Å². The summed E-state index contributed by atoms with van der Waals surface area (Å²) in [6.07, 6.45) is 3.30. The van der Waals surface area contributed by atoms with Gasteiger partial charge >= 0.3 is 0 Å². The van der Waals surface area contributed by atoms with Gasteiger partial charge in [-0.3, -0.25) is 0 Å². The predicted octanol–water partition coefficient (Wildman–Crippen LogP) is 5.12. The van der Waals surface area contributed by atoms with Gasteiger partial charge in [0, 0.05) is 10.2 Å². The number of hydrogen-bond donors (Lipinski definition) is 1. The van der Waals surface area contributed by atoms with Crippen molar-refractivity contribution in [3.63, 3.8) is 0 Å². The Balaban J connectivity index is 1.88. The Morgan fingerprint density at radius 2 is 2.10 bits per heavy atom. The van der Waals surface area contributed by atoms with Gasteiger partial charge in [-0.25, -0.2) is 0 Å². The lowest BCUT2D eigenvalue weighted by Gasteiger charge is -2.19. The SMILES string of the molecule is CCc1cc(Br)ccc1NC1CCc2ccc(OC)cc21. The molecule has 0 aliphatic heterocycles. The lowest BCUT2D eigenvalue weighted by atomic mass is 10.1. The highest BCUT2D eigenvalue weighted by molar-refractivity contribution is 9.10. The number of nitrogens with one attached hydrogen (secondary N) is 1. The van der Waals surface area contributed by atoms with Gasteiger partial charge in [-0.05, 0) is 66.3 Å². The van der Waals surface area contributed by atoms with Gasteiger partial charge in [-0.2, -0.15) is 0 Å². The number of anilines is 1. The second-order valence-electron chi connectivity index (χ2n) is 5.46. The number of ether oxygens (including phenoxy) is 1. The molecular weight excluding hydrogens is 326 g/mol. The first-order valence-electron chi connectivity index (χ1n) is 7.43. The summed E-state index contributed by atoms with van der Waals surface area (Å²) in [4.78, 5) is 0. The molecule has 3 heteroatoms. The first-order chi connectivity index (χ1) is 10.2. The zero-order valence-electron chi connectivity index (χ0n) is 12.4. The summed E-state index contributed by atoms with van der Waals surface area (Å²) in [7, 11) is 1.73. The van der Waals surface area contributed by atoms with Gasteiger partial charge in [-0.15, -0.1) is 0 Å². The van der Waals surface area contributed by atoms with Crippen LogP contribution in [0.3, 0.4) is 0 Å². The molecule has 0 fully saturated rings. The molecule has 0 radical (unpaired) electrons. The van der Waals surface area contributed by atoms with Crippen molar-refractivity contribution in [3.8, 4) is 5.75 Å². The lowest BCUT2D eigenvalue weighted by molar-refractivity contribution is 0.414. The molecule has 2 aromatic carbocycles. The van der Waals surface area contributed by atoms with Crippen LogP contribution in [0.15, 0.2) is 40.9 Å². The molecule has 0 amide bonds. The predicted molar refractivity (Wildman–Crippen MR) is 91.2 cm³/mol. The Hall–Kier alpha value is -1.48. The lowest BCUT2D eigenvalue weighted by Crippen LogP contribution is -2.09. The van der Waals surface area contributed by atoms with Gasteiger partial charge in [0.15, 0.2) is 0 Å². The average Bonchev–Trinajstić information content (AvgIpc) is 2.91. The molecule has 1 atom stereocenters. The molecular formula is C18H20BrNO. The smallest absolute Gasteiger partial charge is 0.119 e. The maximum Gasteiger partial charge on any atom is 0.119 e. The van der Waals surface area contributed by atoms with Crippen LogP contribution in [0.2, 0.25) is 0 Å². The average molecular weight is 346 g/mol. The maximum absolute atomic E-state index is 5.36. The molecule has 110 valence electrons. The van der Waals surface area contributed by atoms with Crippen molar-refractivity contribution >= 4 is 21.6 Å². The summed E-state index contributed by atoms with van der Waals surface area (Å²) >= 11 is 3.55. The molecule has 2 aromatic rings. The van der Waals surface area contributed by atoms with Crippen molar-refractivity contribution in [2.45, 2.75) is 32.2 Å². The van der Waals surface area contributed by atoms with Crippen LogP contribution >= 0.6 is 15.9 Å². The fraction of sp³-hybridized carbons (Fsp3) is 0.333. The molecule has 21 heavy (non-hydrogen) atoms. The Labute approximate surface area is 134 Å². The zero-order chi connectivity index (χ0) is 14.8. The van der Waals surface area contributed by atoms with Gasteiger partial charge in [0.05, 0.1) is 13.2 Å². The standard InChI is InChI=1S/C18H20BrNO/c1-3-12-10-14(19)6-9-17(12)20-18-8-5-13-4-7-15(21-2)11-16(13)18/h4,6-7,9-11,18,20H,3,5,8H2,1-2H3. The Kier molecular flexibility index (Phi) is 4.20. The Bertz CT molecular complexity index is 654. The van der Waals surface area contributed by atoms with E-state index in [1.54, 1.807) is 7.11 Å². The molecule has 1 N–H and O–H groups in total. The Morgan fingerprint density at radius 3 is 2.86 bits per heavy atom. The van der Waals surface area contributed by atoms with Crippen LogP contribution in [0.4, 0.5) is 5.69 Å². The van der Waals surface area contributed by atoms with Crippen LogP contribution in [0, 0.1) is 0 Å². The van der Waals surface area contributed by atoms with Gasteiger partial charge < -0.3 is 10.1 Å². The second-order valence-corrected chi connectivity index (χ2v) is 6.37. The normalized spacial score (nSPS) is 16.6. The van der Waals surface area contributed by atoms with Gasteiger partial charge in [0.25, 0.3) is 0 Å². The van der Waals surface area contributed by atoms with E-state index in [4.69, 9.17) is 4.74 Å². The van der Waals surface area contributed by atoms with E-state index in [0.29, 0.717) is 6.04 Å². The summed E-state index contributed by atoms with van der Waals surface area (Å²) in [6, 6.07) is 13.3. The molecule has 1 aliphatic carbocycles. The number of rotatable bonds is 4. The first kappa shape index (κ1) is 14.5. The highest BCUT2D eigenvalue weighted by Crippen LogP contribution is 2.37. The molecule has 1 aliphatic rings. The minimum atomic E-state index is 0.376. The summed E-state index contributed by atoms with van der Waals surface area (Å²) in [6.45, 7) is 2.19. The van der Waals surface area contributed by atoms with Crippen molar-refractivity contribution < 1.29 is 4.74 Å². The minimum absolute atomic E-state index is 0.376. The topological polar surface area (TPSA) is 21.3 Å². The van der Waals surface area contributed by atoms with E-state index < -0.39 is 0 Å². The van der Waals surface area contributed by atoms with E-state index in [0.717, 1.165) is 29.5 Å². The van der Waals surface area contributed by atoms with Crippen LogP contribution < -0.4 is 10.1 Å². The van der Waals surface area contributed by atoms with E-state index in [-0.39, 0.29) is 0 Å². The third-order valence-electron chi connectivity index (χ3n) is 4.21. The quantitative estimate of drug-likeness (QED) is 0.830.